The van der Waals surface area contributed by atoms with Gasteiger partial charge in [-0.05, 0) is 35.8 Å². The lowest BCUT2D eigenvalue weighted by atomic mass is 10.2. The van der Waals surface area contributed by atoms with Crippen LogP contribution in [0.4, 0.5) is 5.00 Å². The van der Waals surface area contributed by atoms with Gasteiger partial charge in [0, 0.05) is 5.56 Å². The summed E-state index contributed by atoms with van der Waals surface area (Å²) in [6, 6.07) is 8.82. The van der Waals surface area contributed by atoms with E-state index in [1.54, 1.807) is 24.3 Å². The maximum atomic E-state index is 12.2. The molecule has 0 aliphatic carbocycles. The Bertz CT molecular complexity index is 671. The quantitative estimate of drug-likeness (QED) is 0.561. The van der Waals surface area contributed by atoms with Crippen LogP contribution in [0.25, 0.3) is 0 Å². The maximum absolute atomic E-state index is 12.2. The molecule has 0 radical (unpaired) electrons. The van der Waals surface area contributed by atoms with E-state index in [1.165, 1.54) is 11.8 Å². The molecule has 2 aromatic rings. The topological polar surface area (TPSA) is 85.1 Å². The van der Waals surface area contributed by atoms with E-state index in [0.717, 1.165) is 36.5 Å². The van der Waals surface area contributed by atoms with Gasteiger partial charge >= 0.3 is 0 Å². The van der Waals surface area contributed by atoms with Crippen molar-refractivity contribution in [2.45, 2.75) is 31.2 Å². The fourth-order valence-corrected chi connectivity index (χ4v) is 3.93. The number of nitrogens with zero attached hydrogens (tertiary/aromatic N) is 1. The molecular weight excluding hydrogens is 330 g/mol. The van der Waals surface area contributed by atoms with Gasteiger partial charge in [-0.2, -0.15) is 4.37 Å². The number of aromatic nitrogens is 1. The highest BCUT2D eigenvalue weighted by Gasteiger charge is 2.21. The number of primary amides is 1. The number of benzene rings is 1. The Hall–Kier alpha value is -1.86. The molecule has 0 fully saturated rings. The van der Waals surface area contributed by atoms with Crippen LogP contribution in [0.2, 0.25) is 0 Å². The van der Waals surface area contributed by atoms with Crippen LogP contribution in [0.3, 0.4) is 0 Å². The minimum Gasteiger partial charge on any atom is -0.365 e. The highest BCUT2D eigenvalue weighted by Crippen LogP contribution is 2.32. The Morgan fingerprint density at radius 3 is 2.65 bits per heavy atom. The first-order chi connectivity index (χ1) is 11.1. The lowest BCUT2D eigenvalue weighted by molar-refractivity contribution is 0.0998. The Kier molecular flexibility index (Phi) is 6.61. The fraction of sp³-hybridized carbons (Fsp3) is 0.312. The molecule has 3 N–H and O–H groups in total. The van der Waals surface area contributed by atoms with Crippen LogP contribution in [0.15, 0.2) is 35.4 Å². The Labute approximate surface area is 143 Å². The Morgan fingerprint density at radius 2 is 2.00 bits per heavy atom. The smallest absolute Gasteiger partial charge is 0.256 e. The molecule has 23 heavy (non-hydrogen) atoms. The molecule has 0 aliphatic heterocycles. The molecule has 0 spiro atoms. The van der Waals surface area contributed by atoms with E-state index in [1.807, 2.05) is 6.07 Å². The van der Waals surface area contributed by atoms with E-state index < -0.39 is 5.91 Å². The summed E-state index contributed by atoms with van der Waals surface area (Å²) >= 11 is 2.59. The van der Waals surface area contributed by atoms with Crippen LogP contribution in [-0.4, -0.2) is 21.9 Å². The third-order valence-corrected chi connectivity index (χ3v) is 5.10. The summed E-state index contributed by atoms with van der Waals surface area (Å²) in [5.74, 6) is 0.0311. The SMILES string of the molecule is CCCCCSc1nsc(NC(=O)c2ccccc2)c1C(N)=O. The molecule has 1 aromatic heterocycles. The highest BCUT2D eigenvalue weighted by atomic mass is 32.2. The van der Waals surface area contributed by atoms with Gasteiger partial charge in [-0.1, -0.05) is 38.0 Å². The number of rotatable bonds is 8. The molecule has 0 saturated heterocycles. The van der Waals surface area contributed by atoms with Crippen molar-refractivity contribution >= 4 is 40.1 Å². The Balaban J connectivity index is 2.11. The van der Waals surface area contributed by atoms with Gasteiger partial charge in [0.05, 0.1) is 0 Å². The van der Waals surface area contributed by atoms with E-state index in [4.69, 9.17) is 5.73 Å². The summed E-state index contributed by atoms with van der Waals surface area (Å²) in [6.45, 7) is 2.14. The number of carbonyl (C=O) groups is 2. The van der Waals surface area contributed by atoms with Gasteiger partial charge in [-0.15, -0.1) is 11.8 Å². The van der Waals surface area contributed by atoms with Crippen molar-refractivity contribution in [2.24, 2.45) is 5.73 Å². The number of anilines is 1. The predicted octanol–water partition coefficient (Wildman–Crippen LogP) is 3.78. The number of hydrogen-bond donors (Lipinski definition) is 2. The van der Waals surface area contributed by atoms with Crippen LogP contribution >= 0.6 is 23.3 Å². The number of nitrogens with two attached hydrogens (primary N) is 1. The summed E-state index contributed by atoms with van der Waals surface area (Å²) in [7, 11) is 0. The molecule has 7 heteroatoms. The van der Waals surface area contributed by atoms with Crippen LogP contribution in [0.5, 0.6) is 0 Å². The minimum atomic E-state index is -0.569. The number of unbranched alkanes of at least 4 members (excludes halogenated alkanes) is 2. The average Bonchev–Trinajstić information content (AvgIpc) is 2.95. The Morgan fingerprint density at radius 1 is 1.26 bits per heavy atom. The normalized spacial score (nSPS) is 10.5. The number of carbonyl (C=O) groups excluding carboxylic acids is 2. The molecule has 5 nitrogen and oxygen atoms in total. The van der Waals surface area contributed by atoms with E-state index >= 15 is 0 Å². The molecule has 1 heterocycles. The molecule has 0 saturated carbocycles. The van der Waals surface area contributed by atoms with Gasteiger partial charge in [0.1, 0.15) is 15.6 Å². The van der Waals surface area contributed by atoms with Crippen molar-refractivity contribution in [3.63, 3.8) is 0 Å². The first-order valence-corrected chi connectivity index (χ1v) is 9.18. The summed E-state index contributed by atoms with van der Waals surface area (Å²) in [5.41, 5.74) is 6.30. The van der Waals surface area contributed by atoms with Gasteiger partial charge in [0.15, 0.2) is 0 Å². The van der Waals surface area contributed by atoms with E-state index in [9.17, 15) is 9.59 Å². The minimum absolute atomic E-state index is 0.278. The number of thioether (sulfide) groups is 1. The second-order valence-electron chi connectivity index (χ2n) is 4.93. The van der Waals surface area contributed by atoms with Gasteiger partial charge < -0.3 is 11.1 Å². The van der Waals surface area contributed by atoms with Crippen molar-refractivity contribution in [3.05, 3.63) is 41.5 Å². The van der Waals surface area contributed by atoms with Crippen LogP contribution in [0, 0.1) is 0 Å². The molecular formula is C16H19N3O2S2. The maximum Gasteiger partial charge on any atom is 0.256 e. The molecule has 0 aliphatic rings. The molecule has 2 amide bonds. The predicted molar refractivity (Wildman–Crippen MR) is 95.3 cm³/mol. The van der Waals surface area contributed by atoms with Crippen LogP contribution in [0.1, 0.15) is 46.9 Å². The molecule has 2 rings (SSSR count). The lowest BCUT2D eigenvalue weighted by Gasteiger charge is -2.05. The van der Waals surface area contributed by atoms with E-state index in [2.05, 4.69) is 16.6 Å². The number of hydrogen-bond acceptors (Lipinski definition) is 5. The van der Waals surface area contributed by atoms with Crippen molar-refractivity contribution < 1.29 is 9.59 Å². The largest absolute Gasteiger partial charge is 0.365 e. The average molecular weight is 349 g/mol. The summed E-state index contributed by atoms with van der Waals surface area (Å²) < 4.78 is 4.27. The lowest BCUT2D eigenvalue weighted by Crippen LogP contribution is -2.17. The van der Waals surface area contributed by atoms with Crippen molar-refractivity contribution in [2.75, 3.05) is 11.1 Å². The van der Waals surface area contributed by atoms with Gasteiger partial charge in [0.25, 0.3) is 11.8 Å². The first-order valence-electron chi connectivity index (χ1n) is 7.42. The number of nitrogens with one attached hydrogen (secondary N) is 1. The van der Waals surface area contributed by atoms with Gasteiger partial charge in [-0.25, -0.2) is 0 Å². The molecule has 0 unspecified atom stereocenters. The second kappa shape index (κ2) is 8.69. The summed E-state index contributed by atoms with van der Waals surface area (Å²) in [4.78, 5) is 23.9. The number of amides is 2. The zero-order valence-corrected chi connectivity index (χ0v) is 14.5. The third kappa shape index (κ3) is 4.80. The summed E-state index contributed by atoms with van der Waals surface area (Å²) in [6.07, 6.45) is 3.34. The van der Waals surface area contributed by atoms with E-state index in [0.29, 0.717) is 21.2 Å². The van der Waals surface area contributed by atoms with Crippen molar-refractivity contribution in [1.29, 1.82) is 0 Å². The standard InChI is InChI=1S/C16H19N3O2S2/c1-2-3-7-10-22-16-12(13(17)20)15(23-19-16)18-14(21)11-8-5-4-6-9-11/h4-6,8-9H,2-3,7,10H2,1H3,(H2,17,20)(H,18,21). The molecule has 0 bridgehead atoms. The highest BCUT2D eigenvalue weighted by molar-refractivity contribution is 7.99. The van der Waals surface area contributed by atoms with Gasteiger partial charge in [0.2, 0.25) is 0 Å². The summed E-state index contributed by atoms with van der Waals surface area (Å²) in [5, 5.41) is 3.74. The fourth-order valence-electron chi connectivity index (χ4n) is 1.96. The zero-order valence-electron chi connectivity index (χ0n) is 12.9. The van der Waals surface area contributed by atoms with Crippen LogP contribution < -0.4 is 11.1 Å². The van der Waals surface area contributed by atoms with Crippen LogP contribution in [-0.2, 0) is 0 Å². The van der Waals surface area contributed by atoms with Gasteiger partial charge in [-0.3, -0.25) is 9.59 Å². The zero-order chi connectivity index (χ0) is 16.7. The third-order valence-electron chi connectivity index (χ3n) is 3.16. The monoisotopic (exact) mass is 349 g/mol. The van der Waals surface area contributed by atoms with E-state index in [-0.39, 0.29) is 5.91 Å². The molecule has 1 aromatic carbocycles. The molecule has 122 valence electrons. The van der Waals surface area contributed by atoms with Crippen molar-refractivity contribution in [3.8, 4) is 0 Å². The van der Waals surface area contributed by atoms with Crippen molar-refractivity contribution in [1.82, 2.24) is 4.37 Å². The first kappa shape index (κ1) is 17.5. The molecule has 0 atom stereocenters. The second-order valence-corrected chi connectivity index (χ2v) is 6.79.